The number of methoxy groups -OCH3 is 2. The van der Waals surface area contributed by atoms with Gasteiger partial charge < -0.3 is 34.5 Å². The Bertz CT molecular complexity index is 1680. The van der Waals surface area contributed by atoms with Crippen molar-refractivity contribution in [3.63, 3.8) is 0 Å². The Labute approximate surface area is 258 Å². The normalized spacial score (nSPS) is 14.7. The second kappa shape index (κ2) is 12.3. The molecule has 1 aromatic carbocycles. The van der Waals surface area contributed by atoms with Crippen LogP contribution in [0.15, 0.2) is 30.6 Å². The minimum absolute atomic E-state index is 0.159. The van der Waals surface area contributed by atoms with Crippen LogP contribution in [0.25, 0.3) is 5.82 Å². The standard InChI is InChI=1S/C32H41N9O3/c1-20-17-25(28(44-6)18-27(20)39-13-11-38(4)12-14-39)34-32-33-19-23-7-8-26-24(9-10-40(26)30(23)36-32)31(42)35-29-21(2)37-41(22(29)3)15-16-43-5/h9-10,17-19H,7-8,11-16H2,1-6H3,(H,35,42)(H,33,34,36). The fourth-order valence-corrected chi connectivity index (χ4v) is 6.13. The van der Waals surface area contributed by atoms with E-state index in [-0.39, 0.29) is 5.91 Å². The molecule has 1 saturated heterocycles. The molecule has 5 heterocycles. The van der Waals surface area contributed by atoms with E-state index in [4.69, 9.17) is 14.5 Å². The molecule has 0 spiro atoms. The van der Waals surface area contributed by atoms with Gasteiger partial charge in [0.25, 0.3) is 5.91 Å². The van der Waals surface area contributed by atoms with Gasteiger partial charge in [0.15, 0.2) is 0 Å². The number of rotatable bonds is 9. The molecular weight excluding hydrogens is 558 g/mol. The second-order valence-corrected chi connectivity index (χ2v) is 11.6. The van der Waals surface area contributed by atoms with E-state index >= 15 is 0 Å². The highest BCUT2D eigenvalue weighted by atomic mass is 16.5. The zero-order valence-corrected chi connectivity index (χ0v) is 26.4. The van der Waals surface area contributed by atoms with Gasteiger partial charge in [0.2, 0.25) is 5.95 Å². The Kier molecular flexibility index (Phi) is 8.28. The third kappa shape index (κ3) is 5.62. The summed E-state index contributed by atoms with van der Waals surface area (Å²) in [4.78, 5) is 27.8. The average Bonchev–Trinajstić information content (AvgIpc) is 3.57. The van der Waals surface area contributed by atoms with E-state index in [1.807, 2.05) is 41.6 Å². The first-order valence-electron chi connectivity index (χ1n) is 15.1. The van der Waals surface area contributed by atoms with Gasteiger partial charge in [-0.05, 0) is 58.4 Å². The van der Waals surface area contributed by atoms with Crippen molar-refractivity contribution in [1.82, 2.24) is 29.2 Å². The second-order valence-electron chi connectivity index (χ2n) is 11.6. The number of benzene rings is 1. The molecule has 2 aliphatic rings. The molecule has 0 bridgehead atoms. The summed E-state index contributed by atoms with van der Waals surface area (Å²) in [5.41, 5.74) is 8.15. The number of anilines is 4. The van der Waals surface area contributed by atoms with Crippen LogP contribution in [0.2, 0.25) is 0 Å². The first-order chi connectivity index (χ1) is 21.3. The van der Waals surface area contributed by atoms with E-state index in [1.165, 1.54) is 5.69 Å². The van der Waals surface area contributed by atoms with Crippen LogP contribution in [-0.2, 0) is 24.1 Å². The van der Waals surface area contributed by atoms with Crippen molar-refractivity contribution in [1.29, 1.82) is 0 Å². The smallest absolute Gasteiger partial charge is 0.257 e. The van der Waals surface area contributed by atoms with Gasteiger partial charge in [-0.3, -0.25) is 9.48 Å². The Hall–Kier alpha value is -4.42. The van der Waals surface area contributed by atoms with E-state index in [0.717, 1.165) is 83.8 Å². The number of piperazine rings is 1. The summed E-state index contributed by atoms with van der Waals surface area (Å²) in [5.74, 6) is 1.82. The predicted octanol–water partition coefficient (Wildman–Crippen LogP) is 3.89. The molecule has 12 nitrogen and oxygen atoms in total. The lowest BCUT2D eigenvalue weighted by Crippen LogP contribution is -2.44. The highest BCUT2D eigenvalue weighted by Crippen LogP contribution is 2.36. The molecule has 2 N–H and O–H groups in total. The first-order valence-corrected chi connectivity index (χ1v) is 15.1. The molecule has 0 atom stereocenters. The Morgan fingerprint density at radius 2 is 1.86 bits per heavy atom. The van der Waals surface area contributed by atoms with Gasteiger partial charge in [0.1, 0.15) is 11.6 Å². The van der Waals surface area contributed by atoms with Gasteiger partial charge >= 0.3 is 0 Å². The van der Waals surface area contributed by atoms with Crippen molar-refractivity contribution in [3.05, 3.63) is 64.4 Å². The van der Waals surface area contributed by atoms with E-state index in [2.05, 4.69) is 56.6 Å². The van der Waals surface area contributed by atoms with Gasteiger partial charge in [-0.2, -0.15) is 10.1 Å². The summed E-state index contributed by atoms with van der Waals surface area (Å²) in [6.45, 7) is 11.2. The van der Waals surface area contributed by atoms with Gasteiger partial charge in [-0.15, -0.1) is 0 Å². The Morgan fingerprint density at radius 1 is 1.07 bits per heavy atom. The lowest BCUT2D eigenvalue weighted by atomic mass is 10.0. The van der Waals surface area contributed by atoms with Crippen LogP contribution in [0.1, 0.15) is 38.6 Å². The number of aryl methyl sites for hydroxylation is 3. The molecule has 0 radical (unpaired) electrons. The monoisotopic (exact) mass is 599 g/mol. The maximum atomic E-state index is 13.5. The highest BCUT2D eigenvalue weighted by molar-refractivity contribution is 6.06. The SMILES string of the molecule is COCCn1nc(C)c(NC(=O)c2ccn3c2CCc2cnc(Nc4cc(C)c(N5CCN(C)CC5)cc4OC)nc2-3)c1C. The third-order valence-corrected chi connectivity index (χ3v) is 8.67. The molecular formula is C32H41N9O3. The Morgan fingerprint density at radius 3 is 2.61 bits per heavy atom. The van der Waals surface area contributed by atoms with Gasteiger partial charge in [-0.25, -0.2) is 4.98 Å². The van der Waals surface area contributed by atoms with Crippen molar-refractivity contribution in [2.24, 2.45) is 0 Å². The van der Waals surface area contributed by atoms with Crippen LogP contribution < -0.4 is 20.3 Å². The molecule has 3 aromatic heterocycles. The average molecular weight is 600 g/mol. The molecule has 0 saturated carbocycles. The number of nitrogens with zero attached hydrogens (tertiary/aromatic N) is 7. The maximum Gasteiger partial charge on any atom is 0.257 e. The number of ether oxygens (including phenoxy) is 2. The lowest BCUT2D eigenvalue weighted by molar-refractivity contribution is 0.102. The molecule has 6 rings (SSSR count). The predicted molar refractivity (Wildman–Crippen MR) is 171 cm³/mol. The van der Waals surface area contributed by atoms with Crippen LogP contribution in [0, 0.1) is 20.8 Å². The molecule has 12 heteroatoms. The summed E-state index contributed by atoms with van der Waals surface area (Å²) in [5, 5.41) is 11.1. The zero-order valence-electron chi connectivity index (χ0n) is 26.4. The lowest BCUT2D eigenvalue weighted by Gasteiger charge is -2.35. The first kappa shape index (κ1) is 29.6. The topological polar surface area (TPSA) is 115 Å². The molecule has 1 fully saturated rings. The van der Waals surface area contributed by atoms with E-state index < -0.39 is 0 Å². The van der Waals surface area contributed by atoms with Crippen molar-refractivity contribution in [2.45, 2.75) is 40.2 Å². The number of aromatic nitrogens is 5. The van der Waals surface area contributed by atoms with Crippen molar-refractivity contribution in [3.8, 4) is 11.6 Å². The van der Waals surface area contributed by atoms with E-state index in [1.54, 1.807) is 14.2 Å². The largest absolute Gasteiger partial charge is 0.494 e. The Balaban J connectivity index is 1.23. The summed E-state index contributed by atoms with van der Waals surface area (Å²) < 4.78 is 14.9. The molecule has 232 valence electrons. The van der Waals surface area contributed by atoms with Crippen molar-refractivity contribution in [2.75, 3.05) is 69.6 Å². The third-order valence-electron chi connectivity index (χ3n) is 8.67. The van der Waals surface area contributed by atoms with Gasteiger partial charge in [-0.1, -0.05) is 0 Å². The van der Waals surface area contributed by atoms with Crippen LogP contribution in [0.4, 0.5) is 23.0 Å². The molecule has 4 aromatic rings. The molecule has 1 amide bonds. The molecule has 0 aliphatic carbocycles. The fraction of sp³-hybridized carbons (Fsp3) is 0.438. The molecule has 2 aliphatic heterocycles. The van der Waals surface area contributed by atoms with Crippen LogP contribution in [-0.4, -0.2) is 89.2 Å². The molecule has 44 heavy (non-hydrogen) atoms. The molecule has 0 unspecified atom stereocenters. The van der Waals surface area contributed by atoms with Crippen LogP contribution in [0.5, 0.6) is 5.75 Å². The number of carbonyl (C=O) groups excluding carboxylic acids is 1. The number of fused-ring (bicyclic) bond motifs is 3. The summed E-state index contributed by atoms with van der Waals surface area (Å²) >= 11 is 0. The van der Waals surface area contributed by atoms with E-state index in [0.29, 0.717) is 31.1 Å². The van der Waals surface area contributed by atoms with Gasteiger partial charge in [0.05, 0.1) is 48.6 Å². The van der Waals surface area contributed by atoms with Gasteiger partial charge in [0, 0.05) is 68.7 Å². The number of amides is 1. The minimum atomic E-state index is -0.159. The number of hydrogen-bond acceptors (Lipinski definition) is 9. The zero-order chi connectivity index (χ0) is 31.0. The highest BCUT2D eigenvalue weighted by Gasteiger charge is 2.26. The summed E-state index contributed by atoms with van der Waals surface area (Å²) in [6.07, 6.45) is 5.24. The quantitative estimate of drug-likeness (QED) is 0.296. The van der Waals surface area contributed by atoms with Crippen LogP contribution in [0.3, 0.4) is 0 Å². The number of hydrogen-bond donors (Lipinski definition) is 2. The minimum Gasteiger partial charge on any atom is -0.494 e. The number of carbonyl (C=O) groups is 1. The number of nitrogens with one attached hydrogen (secondary N) is 2. The maximum absolute atomic E-state index is 13.5. The van der Waals surface area contributed by atoms with Crippen LogP contribution >= 0.6 is 0 Å². The summed E-state index contributed by atoms with van der Waals surface area (Å²) in [7, 11) is 5.51. The fourth-order valence-electron chi connectivity index (χ4n) is 6.13. The van der Waals surface area contributed by atoms with Crippen molar-refractivity contribution >= 4 is 28.9 Å². The van der Waals surface area contributed by atoms with E-state index in [9.17, 15) is 4.79 Å². The summed E-state index contributed by atoms with van der Waals surface area (Å²) in [6, 6.07) is 6.06. The number of likely N-dealkylation sites (N-methyl/N-ethyl adjacent to an activating group) is 1. The van der Waals surface area contributed by atoms with Crippen molar-refractivity contribution < 1.29 is 14.3 Å².